The van der Waals surface area contributed by atoms with Crippen molar-refractivity contribution in [3.8, 4) is 28.4 Å². The van der Waals surface area contributed by atoms with Crippen LogP contribution in [0, 0.1) is 6.92 Å². The van der Waals surface area contributed by atoms with Crippen LogP contribution in [0.5, 0.6) is 0 Å². The van der Waals surface area contributed by atoms with Gasteiger partial charge in [0.25, 0.3) is 0 Å². The number of rotatable bonds is 7. The molecule has 0 fully saturated rings. The van der Waals surface area contributed by atoms with E-state index < -0.39 is 0 Å². The zero-order valence-electron chi connectivity index (χ0n) is 18.7. The highest BCUT2D eigenvalue weighted by Crippen LogP contribution is 2.25. The molecule has 0 N–H and O–H groups in total. The monoisotopic (exact) mass is 435 g/mol. The van der Waals surface area contributed by atoms with Crippen LogP contribution >= 0.6 is 0 Å². The van der Waals surface area contributed by atoms with Crippen molar-refractivity contribution in [2.45, 2.75) is 20.0 Å². The smallest absolute Gasteiger partial charge is 0.247 e. The lowest BCUT2D eigenvalue weighted by Gasteiger charge is -2.14. The second kappa shape index (κ2) is 9.22. The molecule has 33 heavy (non-hydrogen) atoms. The zero-order chi connectivity index (χ0) is 22.6. The summed E-state index contributed by atoms with van der Waals surface area (Å²) in [7, 11) is 2.05. The van der Waals surface area contributed by atoms with Crippen LogP contribution in [0.15, 0.2) is 95.5 Å². The molecular weight excluding hydrogens is 410 g/mol. The fourth-order valence-corrected chi connectivity index (χ4v) is 3.87. The Morgan fingerprint density at radius 3 is 2.30 bits per heavy atom. The molecule has 0 aliphatic carbocycles. The van der Waals surface area contributed by atoms with Crippen molar-refractivity contribution in [3.05, 3.63) is 108 Å². The van der Waals surface area contributed by atoms with Gasteiger partial charge >= 0.3 is 0 Å². The van der Waals surface area contributed by atoms with Crippen LogP contribution in [0.2, 0.25) is 0 Å². The molecule has 0 atom stereocenters. The summed E-state index contributed by atoms with van der Waals surface area (Å²) < 4.78 is 7.88. The van der Waals surface area contributed by atoms with E-state index in [0.717, 1.165) is 33.6 Å². The van der Waals surface area contributed by atoms with Gasteiger partial charge in [0, 0.05) is 29.4 Å². The molecule has 6 nitrogen and oxygen atoms in total. The summed E-state index contributed by atoms with van der Waals surface area (Å²) in [5.41, 5.74) is 6.32. The molecule has 6 heteroatoms. The topological polar surface area (TPSA) is 60.0 Å². The summed E-state index contributed by atoms with van der Waals surface area (Å²) in [6, 6.07) is 28.5. The maximum absolute atomic E-state index is 5.94. The van der Waals surface area contributed by atoms with Gasteiger partial charge in [-0.1, -0.05) is 66.2 Å². The van der Waals surface area contributed by atoms with E-state index in [9.17, 15) is 0 Å². The molecule has 0 aliphatic rings. The number of nitrogens with zero attached hydrogens (tertiary/aromatic N) is 5. The summed E-state index contributed by atoms with van der Waals surface area (Å²) in [5.74, 6) is 1.13. The third-order valence-corrected chi connectivity index (χ3v) is 5.44. The summed E-state index contributed by atoms with van der Waals surface area (Å²) >= 11 is 0. The summed E-state index contributed by atoms with van der Waals surface area (Å²) in [6.07, 6.45) is 2.10. The molecule has 0 spiro atoms. The van der Waals surface area contributed by atoms with Gasteiger partial charge in [0.2, 0.25) is 11.8 Å². The van der Waals surface area contributed by atoms with Gasteiger partial charge in [0.1, 0.15) is 0 Å². The van der Waals surface area contributed by atoms with E-state index in [1.165, 1.54) is 0 Å². The van der Waals surface area contributed by atoms with Gasteiger partial charge in [-0.25, -0.2) is 4.68 Å². The molecule has 2 heterocycles. The van der Waals surface area contributed by atoms with Gasteiger partial charge in [-0.05, 0) is 38.2 Å². The Morgan fingerprint density at radius 2 is 1.55 bits per heavy atom. The molecule has 164 valence electrons. The fourth-order valence-electron chi connectivity index (χ4n) is 3.87. The van der Waals surface area contributed by atoms with Crippen molar-refractivity contribution in [1.82, 2.24) is 24.9 Å². The predicted octanol–water partition coefficient (Wildman–Crippen LogP) is 5.53. The van der Waals surface area contributed by atoms with Crippen molar-refractivity contribution in [1.29, 1.82) is 0 Å². The molecule has 0 aliphatic heterocycles. The lowest BCUT2D eigenvalue weighted by molar-refractivity contribution is 0.283. The van der Waals surface area contributed by atoms with Crippen LogP contribution in [0.3, 0.4) is 0 Å². The molecule has 0 radical (unpaired) electrons. The molecule has 2 aromatic heterocycles. The molecule has 5 rings (SSSR count). The highest BCUT2D eigenvalue weighted by Gasteiger charge is 2.16. The minimum Gasteiger partial charge on any atom is -0.419 e. The highest BCUT2D eigenvalue weighted by atomic mass is 16.4. The average molecular weight is 436 g/mol. The summed E-state index contributed by atoms with van der Waals surface area (Å²) in [6.45, 7) is 3.29. The molecule has 5 aromatic rings. The highest BCUT2D eigenvalue weighted by molar-refractivity contribution is 5.63. The lowest BCUT2D eigenvalue weighted by atomic mass is 10.1. The molecule has 0 unspecified atom stereocenters. The zero-order valence-corrected chi connectivity index (χ0v) is 18.7. The number of benzene rings is 3. The van der Waals surface area contributed by atoms with Gasteiger partial charge in [0.15, 0.2) is 0 Å². The Balaban J connectivity index is 1.38. The van der Waals surface area contributed by atoms with E-state index in [4.69, 9.17) is 9.52 Å². The minimum atomic E-state index is 0.545. The summed E-state index contributed by atoms with van der Waals surface area (Å²) in [4.78, 5) is 2.16. The van der Waals surface area contributed by atoms with E-state index >= 15 is 0 Å². The molecule has 0 saturated carbocycles. The molecular formula is C27H25N5O. The van der Waals surface area contributed by atoms with Crippen molar-refractivity contribution < 1.29 is 4.42 Å². The first-order valence-electron chi connectivity index (χ1n) is 10.9. The van der Waals surface area contributed by atoms with Crippen molar-refractivity contribution >= 4 is 0 Å². The fraction of sp³-hybridized carbons (Fsp3) is 0.148. The standard InChI is InChI=1S/C27H25N5O/c1-20-10-9-13-22(16-20)27-29-28-25(33-27)19-31(2)17-23-18-32(24-14-7-4-8-15-24)30-26(23)21-11-5-3-6-12-21/h3-16,18H,17,19H2,1-2H3. The first-order valence-corrected chi connectivity index (χ1v) is 10.9. The van der Waals surface area contributed by atoms with Crippen LogP contribution in [0.25, 0.3) is 28.4 Å². The predicted molar refractivity (Wildman–Crippen MR) is 129 cm³/mol. The van der Waals surface area contributed by atoms with Crippen molar-refractivity contribution in [2.75, 3.05) is 7.05 Å². The van der Waals surface area contributed by atoms with Gasteiger partial charge in [-0.2, -0.15) is 5.10 Å². The molecule has 3 aromatic carbocycles. The minimum absolute atomic E-state index is 0.545. The van der Waals surface area contributed by atoms with Crippen LogP contribution in [-0.4, -0.2) is 31.9 Å². The second-order valence-electron chi connectivity index (χ2n) is 8.19. The number of hydrogen-bond donors (Lipinski definition) is 0. The third-order valence-electron chi connectivity index (χ3n) is 5.44. The number of hydrogen-bond acceptors (Lipinski definition) is 5. The maximum atomic E-state index is 5.94. The summed E-state index contributed by atoms with van der Waals surface area (Å²) in [5, 5.41) is 13.4. The molecule has 0 bridgehead atoms. The Labute approximate surface area is 193 Å². The average Bonchev–Trinajstić information content (AvgIpc) is 3.48. The van der Waals surface area contributed by atoms with Gasteiger partial charge < -0.3 is 4.42 Å². The Kier molecular flexibility index (Phi) is 5.83. The van der Waals surface area contributed by atoms with Gasteiger partial charge in [0.05, 0.1) is 17.9 Å². The van der Waals surface area contributed by atoms with E-state index in [2.05, 4.69) is 58.5 Å². The van der Waals surface area contributed by atoms with E-state index in [-0.39, 0.29) is 0 Å². The van der Waals surface area contributed by atoms with Gasteiger partial charge in [-0.3, -0.25) is 4.90 Å². The Bertz CT molecular complexity index is 1340. The number of aryl methyl sites for hydroxylation is 1. The maximum Gasteiger partial charge on any atom is 0.247 e. The van der Waals surface area contributed by atoms with Crippen LogP contribution in [0.4, 0.5) is 0 Å². The Morgan fingerprint density at radius 1 is 0.818 bits per heavy atom. The van der Waals surface area contributed by atoms with Crippen molar-refractivity contribution in [2.24, 2.45) is 0 Å². The SMILES string of the molecule is Cc1cccc(-c2nnc(CN(C)Cc3cn(-c4ccccc4)nc3-c3ccccc3)o2)c1. The van der Waals surface area contributed by atoms with Crippen LogP contribution in [0.1, 0.15) is 17.0 Å². The van der Waals surface area contributed by atoms with Crippen LogP contribution in [-0.2, 0) is 13.1 Å². The first kappa shape index (κ1) is 20.8. The number of aromatic nitrogens is 4. The largest absolute Gasteiger partial charge is 0.419 e. The van der Waals surface area contributed by atoms with Gasteiger partial charge in [-0.15, -0.1) is 10.2 Å². The third kappa shape index (κ3) is 4.76. The van der Waals surface area contributed by atoms with E-state index in [0.29, 0.717) is 24.9 Å². The van der Waals surface area contributed by atoms with E-state index in [1.807, 2.05) is 66.3 Å². The normalized spacial score (nSPS) is 11.2. The lowest BCUT2D eigenvalue weighted by Crippen LogP contribution is -2.17. The van der Waals surface area contributed by atoms with Crippen molar-refractivity contribution in [3.63, 3.8) is 0 Å². The first-order chi connectivity index (χ1) is 16.2. The Hall–Kier alpha value is -4.03. The molecule has 0 amide bonds. The number of para-hydroxylation sites is 1. The van der Waals surface area contributed by atoms with Crippen LogP contribution < -0.4 is 0 Å². The quantitative estimate of drug-likeness (QED) is 0.336. The second-order valence-corrected chi connectivity index (χ2v) is 8.19. The van der Waals surface area contributed by atoms with E-state index in [1.54, 1.807) is 0 Å². The molecule has 0 saturated heterocycles.